The molecule has 88 valence electrons. The Balaban J connectivity index is 2.05. The van der Waals surface area contributed by atoms with Gasteiger partial charge in [0, 0.05) is 13.6 Å². The number of carbonyl (C=O) groups is 1. The molecule has 1 saturated carbocycles. The third-order valence-electron chi connectivity index (χ3n) is 3.03. The first kappa shape index (κ1) is 12.5. The maximum atomic E-state index is 11.4. The standard InChI is InChI=1S/C11H22N2O2/c1-4-13(3)11(14)8-15-10-5-9(6-10)7-12-2/h9-10,12H,4-8H2,1-3H3. The van der Waals surface area contributed by atoms with Crippen LogP contribution in [0.15, 0.2) is 0 Å². The number of carbonyl (C=O) groups excluding carboxylic acids is 1. The normalized spacial score (nSPS) is 24.7. The molecule has 15 heavy (non-hydrogen) atoms. The van der Waals surface area contributed by atoms with Crippen molar-refractivity contribution in [2.24, 2.45) is 5.92 Å². The molecule has 0 saturated heterocycles. The second kappa shape index (κ2) is 6.08. The average Bonchev–Trinajstić information content (AvgIpc) is 2.19. The van der Waals surface area contributed by atoms with Gasteiger partial charge in [-0.05, 0) is 39.3 Å². The van der Waals surface area contributed by atoms with Crippen LogP contribution in [0.25, 0.3) is 0 Å². The first-order valence-electron chi connectivity index (χ1n) is 5.67. The zero-order chi connectivity index (χ0) is 11.3. The molecule has 1 amide bonds. The van der Waals surface area contributed by atoms with Crippen molar-refractivity contribution >= 4 is 5.91 Å². The second-order valence-corrected chi connectivity index (χ2v) is 4.24. The molecule has 1 rings (SSSR count). The Morgan fingerprint density at radius 1 is 1.53 bits per heavy atom. The summed E-state index contributed by atoms with van der Waals surface area (Å²) in [5.74, 6) is 0.813. The van der Waals surface area contributed by atoms with E-state index < -0.39 is 0 Å². The van der Waals surface area contributed by atoms with E-state index in [1.54, 1.807) is 11.9 Å². The van der Waals surface area contributed by atoms with Gasteiger partial charge in [0.2, 0.25) is 5.91 Å². The van der Waals surface area contributed by atoms with Crippen LogP contribution < -0.4 is 5.32 Å². The molecule has 1 aliphatic rings. The summed E-state index contributed by atoms with van der Waals surface area (Å²) in [4.78, 5) is 13.1. The quantitative estimate of drug-likeness (QED) is 0.699. The number of rotatable bonds is 6. The summed E-state index contributed by atoms with van der Waals surface area (Å²) in [7, 11) is 3.77. The number of hydrogen-bond acceptors (Lipinski definition) is 3. The minimum absolute atomic E-state index is 0.0783. The van der Waals surface area contributed by atoms with Crippen molar-refractivity contribution in [3.05, 3.63) is 0 Å². The molecular formula is C11H22N2O2. The highest BCUT2D eigenvalue weighted by molar-refractivity contribution is 5.77. The van der Waals surface area contributed by atoms with E-state index in [1.807, 2.05) is 14.0 Å². The zero-order valence-electron chi connectivity index (χ0n) is 9.95. The van der Waals surface area contributed by atoms with E-state index in [0.29, 0.717) is 6.10 Å². The highest BCUT2D eigenvalue weighted by Gasteiger charge is 2.29. The van der Waals surface area contributed by atoms with Crippen molar-refractivity contribution in [3.63, 3.8) is 0 Å². The summed E-state index contributed by atoms with van der Waals surface area (Å²) in [5.41, 5.74) is 0. The zero-order valence-corrected chi connectivity index (χ0v) is 9.95. The van der Waals surface area contributed by atoms with Crippen LogP contribution in [0.5, 0.6) is 0 Å². The van der Waals surface area contributed by atoms with Gasteiger partial charge in [-0.1, -0.05) is 0 Å². The summed E-state index contributed by atoms with van der Waals surface area (Å²) in [6.45, 7) is 4.00. The van der Waals surface area contributed by atoms with Gasteiger partial charge in [-0.2, -0.15) is 0 Å². The topological polar surface area (TPSA) is 41.6 Å². The smallest absolute Gasteiger partial charge is 0.248 e. The molecule has 0 aromatic carbocycles. The number of amides is 1. The third-order valence-corrected chi connectivity index (χ3v) is 3.03. The van der Waals surface area contributed by atoms with Gasteiger partial charge >= 0.3 is 0 Å². The van der Waals surface area contributed by atoms with Gasteiger partial charge < -0.3 is 15.0 Å². The predicted octanol–water partition coefficient (Wildman–Crippen LogP) is 0.479. The van der Waals surface area contributed by atoms with Gasteiger partial charge in [0.25, 0.3) is 0 Å². The number of hydrogen-bond donors (Lipinski definition) is 1. The van der Waals surface area contributed by atoms with E-state index in [4.69, 9.17) is 4.74 Å². The van der Waals surface area contributed by atoms with Gasteiger partial charge in [0.15, 0.2) is 0 Å². The largest absolute Gasteiger partial charge is 0.368 e. The van der Waals surface area contributed by atoms with Gasteiger partial charge in [0.05, 0.1) is 6.10 Å². The van der Waals surface area contributed by atoms with Gasteiger partial charge in [-0.25, -0.2) is 0 Å². The predicted molar refractivity (Wildman–Crippen MR) is 59.7 cm³/mol. The Kier molecular flexibility index (Phi) is 5.05. The molecular weight excluding hydrogens is 192 g/mol. The van der Waals surface area contributed by atoms with Crippen molar-refractivity contribution in [2.45, 2.75) is 25.9 Å². The number of ether oxygens (including phenoxy) is 1. The number of nitrogens with zero attached hydrogens (tertiary/aromatic N) is 1. The fraction of sp³-hybridized carbons (Fsp3) is 0.909. The van der Waals surface area contributed by atoms with E-state index in [-0.39, 0.29) is 12.5 Å². The molecule has 4 heteroatoms. The Bertz CT molecular complexity index is 203. The van der Waals surface area contributed by atoms with Crippen LogP contribution in [-0.4, -0.2) is 50.7 Å². The van der Waals surface area contributed by atoms with Crippen molar-refractivity contribution in [3.8, 4) is 0 Å². The third kappa shape index (κ3) is 3.80. The maximum absolute atomic E-state index is 11.4. The van der Waals surface area contributed by atoms with Gasteiger partial charge in [-0.15, -0.1) is 0 Å². The van der Waals surface area contributed by atoms with Gasteiger partial charge in [0.1, 0.15) is 6.61 Å². The van der Waals surface area contributed by atoms with Crippen molar-refractivity contribution in [1.29, 1.82) is 0 Å². The Hall–Kier alpha value is -0.610. The molecule has 0 radical (unpaired) electrons. The first-order chi connectivity index (χ1) is 7.17. The second-order valence-electron chi connectivity index (χ2n) is 4.24. The molecule has 4 nitrogen and oxygen atoms in total. The van der Waals surface area contributed by atoms with Crippen molar-refractivity contribution < 1.29 is 9.53 Å². The van der Waals surface area contributed by atoms with Crippen LogP contribution in [0.4, 0.5) is 0 Å². The summed E-state index contributed by atoms with van der Waals surface area (Å²) < 4.78 is 5.52. The first-order valence-corrected chi connectivity index (χ1v) is 5.67. The van der Waals surface area contributed by atoms with Crippen molar-refractivity contribution in [1.82, 2.24) is 10.2 Å². The summed E-state index contributed by atoms with van der Waals surface area (Å²) in [6, 6.07) is 0. The fourth-order valence-corrected chi connectivity index (χ4v) is 1.74. The van der Waals surface area contributed by atoms with Crippen LogP contribution in [0.3, 0.4) is 0 Å². The minimum atomic E-state index is 0.0783. The molecule has 1 fully saturated rings. The average molecular weight is 214 g/mol. The lowest BCUT2D eigenvalue weighted by molar-refractivity contribution is -0.139. The lowest BCUT2D eigenvalue weighted by atomic mass is 9.82. The maximum Gasteiger partial charge on any atom is 0.248 e. The van der Waals surface area contributed by atoms with Crippen LogP contribution in [0.2, 0.25) is 0 Å². The molecule has 1 aliphatic carbocycles. The molecule has 0 atom stereocenters. The van der Waals surface area contributed by atoms with E-state index in [0.717, 1.165) is 31.8 Å². The summed E-state index contributed by atoms with van der Waals surface area (Å²) in [6.07, 6.45) is 2.48. The van der Waals surface area contributed by atoms with E-state index in [1.165, 1.54) is 0 Å². The van der Waals surface area contributed by atoms with Crippen LogP contribution >= 0.6 is 0 Å². The number of likely N-dealkylation sites (N-methyl/N-ethyl adjacent to an activating group) is 1. The molecule has 0 spiro atoms. The van der Waals surface area contributed by atoms with Crippen LogP contribution in [0, 0.1) is 5.92 Å². The number of nitrogens with one attached hydrogen (secondary N) is 1. The van der Waals surface area contributed by atoms with E-state index in [2.05, 4.69) is 5.32 Å². The Morgan fingerprint density at radius 2 is 2.20 bits per heavy atom. The lowest BCUT2D eigenvalue weighted by Crippen LogP contribution is -2.39. The molecule has 0 unspecified atom stereocenters. The molecule has 0 bridgehead atoms. The molecule has 0 aliphatic heterocycles. The highest BCUT2D eigenvalue weighted by atomic mass is 16.5. The fourth-order valence-electron chi connectivity index (χ4n) is 1.74. The monoisotopic (exact) mass is 214 g/mol. The van der Waals surface area contributed by atoms with E-state index >= 15 is 0 Å². The van der Waals surface area contributed by atoms with Crippen LogP contribution in [-0.2, 0) is 9.53 Å². The van der Waals surface area contributed by atoms with Crippen molar-refractivity contribution in [2.75, 3.05) is 33.8 Å². The molecule has 0 aromatic rings. The SMILES string of the molecule is CCN(C)C(=O)COC1CC(CNC)C1. The summed E-state index contributed by atoms with van der Waals surface area (Å²) >= 11 is 0. The summed E-state index contributed by atoms with van der Waals surface area (Å²) in [5, 5.41) is 3.15. The lowest BCUT2D eigenvalue weighted by Gasteiger charge is -2.35. The minimum Gasteiger partial charge on any atom is -0.368 e. The Labute approximate surface area is 92.0 Å². The highest BCUT2D eigenvalue weighted by Crippen LogP contribution is 2.29. The molecule has 1 N–H and O–H groups in total. The van der Waals surface area contributed by atoms with E-state index in [9.17, 15) is 4.79 Å². The van der Waals surface area contributed by atoms with Gasteiger partial charge in [-0.3, -0.25) is 4.79 Å². The van der Waals surface area contributed by atoms with Crippen LogP contribution in [0.1, 0.15) is 19.8 Å². The molecule has 0 aromatic heterocycles. The Morgan fingerprint density at radius 3 is 2.73 bits per heavy atom. The molecule has 0 heterocycles.